The fourth-order valence-electron chi connectivity index (χ4n) is 2.38. The standard InChI is InChI=1S/C18H17N5/c19-10-4-1-5-11-21-18-15-6-2-3-7-16(15)22-17(23-18)14-8-12-20-13-9-14/h2-3,6-9,12-13H,1,4-5,11H2,(H,21,22,23). The second kappa shape index (κ2) is 7.32. The van der Waals surface area contributed by atoms with Crippen molar-refractivity contribution in [1.82, 2.24) is 15.0 Å². The minimum atomic E-state index is 0.592. The van der Waals surface area contributed by atoms with E-state index in [1.54, 1.807) is 12.4 Å². The van der Waals surface area contributed by atoms with Gasteiger partial charge >= 0.3 is 0 Å². The van der Waals surface area contributed by atoms with Crippen LogP contribution in [0.3, 0.4) is 0 Å². The van der Waals surface area contributed by atoms with Gasteiger partial charge in [0.25, 0.3) is 0 Å². The summed E-state index contributed by atoms with van der Waals surface area (Å²) in [6, 6.07) is 13.9. The molecule has 5 nitrogen and oxygen atoms in total. The Kier molecular flexibility index (Phi) is 4.75. The Bertz CT molecular complexity index is 824. The van der Waals surface area contributed by atoms with Crippen molar-refractivity contribution in [2.45, 2.75) is 19.3 Å². The molecule has 3 rings (SSSR count). The van der Waals surface area contributed by atoms with E-state index >= 15 is 0 Å². The van der Waals surface area contributed by atoms with Crippen LogP contribution in [0.5, 0.6) is 0 Å². The topological polar surface area (TPSA) is 74.5 Å². The fraction of sp³-hybridized carbons (Fsp3) is 0.222. The first-order valence-electron chi connectivity index (χ1n) is 7.66. The Balaban J connectivity index is 1.90. The van der Waals surface area contributed by atoms with Crippen molar-refractivity contribution < 1.29 is 0 Å². The van der Waals surface area contributed by atoms with Gasteiger partial charge in [-0.1, -0.05) is 12.1 Å². The van der Waals surface area contributed by atoms with Crippen LogP contribution >= 0.6 is 0 Å². The highest BCUT2D eigenvalue weighted by Gasteiger charge is 2.08. The molecule has 0 aliphatic heterocycles. The van der Waals surface area contributed by atoms with E-state index in [2.05, 4.69) is 26.3 Å². The number of unbranched alkanes of at least 4 members (excludes halogenated alkanes) is 2. The molecular formula is C18H17N5. The van der Waals surface area contributed by atoms with Gasteiger partial charge < -0.3 is 5.32 Å². The van der Waals surface area contributed by atoms with Gasteiger partial charge in [-0.2, -0.15) is 5.26 Å². The van der Waals surface area contributed by atoms with E-state index in [-0.39, 0.29) is 0 Å². The van der Waals surface area contributed by atoms with Crippen LogP contribution in [0.15, 0.2) is 48.8 Å². The zero-order valence-electron chi connectivity index (χ0n) is 12.7. The number of fused-ring (bicyclic) bond motifs is 1. The summed E-state index contributed by atoms with van der Waals surface area (Å²) in [5.74, 6) is 1.52. The lowest BCUT2D eigenvalue weighted by atomic mass is 10.2. The van der Waals surface area contributed by atoms with Crippen LogP contribution in [0.4, 0.5) is 5.82 Å². The minimum Gasteiger partial charge on any atom is -0.369 e. The monoisotopic (exact) mass is 303 g/mol. The number of rotatable bonds is 6. The number of aromatic nitrogens is 3. The molecule has 0 amide bonds. The molecule has 5 heteroatoms. The van der Waals surface area contributed by atoms with Crippen molar-refractivity contribution >= 4 is 16.7 Å². The van der Waals surface area contributed by atoms with Gasteiger partial charge in [0.05, 0.1) is 11.6 Å². The van der Waals surface area contributed by atoms with Gasteiger partial charge in [-0.15, -0.1) is 0 Å². The highest BCUT2D eigenvalue weighted by Crippen LogP contribution is 2.24. The molecule has 0 atom stereocenters. The van der Waals surface area contributed by atoms with Gasteiger partial charge in [0, 0.05) is 36.3 Å². The molecule has 0 fully saturated rings. The average Bonchev–Trinajstić information content (AvgIpc) is 2.62. The van der Waals surface area contributed by atoms with E-state index in [1.807, 2.05) is 36.4 Å². The average molecular weight is 303 g/mol. The Labute approximate surface area is 135 Å². The summed E-state index contributed by atoms with van der Waals surface area (Å²) < 4.78 is 0. The number of anilines is 1. The highest BCUT2D eigenvalue weighted by molar-refractivity contribution is 5.90. The zero-order valence-corrected chi connectivity index (χ0v) is 12.7. The second-order valence-corrected chi connectivity index (χ2v) is 5.19. The van der Waals surface area contributed by atoms with E-state index in [4.69, 9.17) is 5.26 Å². The number of hydrogen-bond acceptors (Lipinski definition) is 5. The molecule has 0 spiro atoms. The molecular weight excluding hydrogens is 286 g/mol. The number of nitrogens with zero attached hydrogens (tertiary/aromatic N) is 4. The third-order valence-electron chi connectivity index (χ3n) is 3.55. The number of benzene rings is 1. The van der Waals surface area contributed by atoms with Gasteiger partial charge in [-0.3, -0.25) is 4.98 Å². The van der Waals surface area contributed by atoms with E-state index in [0.717, 1.165) is 41.7 Å². The Hall–Kier alpha value is -3.00. The largest absolute Gasteiger partial charge is 0.369 e. The maximum Gasteiger partial charge on any atom is 0.162 e. The SMILES string of the molecule is N#CCCCCNc1nc(-c2ccncc2)nc2ccccc12. The number of hydrogen-bond donors (Lipinski definition) is 1. The summed E-state index contributed by atoms with van der Waals surface area (Å²) in [5.41, 5.74) is 1.85. The molecule has 2 heterocycles. The molecule has 3 aromatic rings. The maximum atomic E-state index is 8.59. The number of pyridine rings is 1. The number of para-hydroxylation sites is 1. The predicted octanol–water partition coefficient (Wildman–Crippen LogP) is 3.80. The van der Waals surface area contributed by atoms with Crippen LogP contribution in [0, 0.1) is 11.3 Å². The van der Waals surface area contributed by atoms with Crippen molar-refractivity contribution in [3.63, 3.8) is 0 Å². The van der Waals surface area contributed by atoms with Crippen LogP contribution in [0.1, 0.15) is 19.3 Å². The molecule has 2 aromatic heterocycles. The van der Waals surface area contributed by atoms with E-state index in [9.17, 15) is 0 Å². The first kappa shape index (κ1) is 14.9. The van der Waals surface area contributed by atoms with E-state index < -0.39 is 0 Å². The van der Waals surface area contributed by atoms with Crippen molar-refractivity contribution in [2.75, 3.05) is 11.9 Å². The first-order valence-corrected chi connectivity index (χ1v) is 7.66. The quantitative estimate of drug-likeness (QED) is 0.701. The number of nitriles is 1. The predicted molar refractivity (Wildman–Crippen MR) is 90.7 cm³/mol. The molecule has 0 bridgehead atoms. The van der Waals surface area contributed by atoms with E-state index in [1.165, 1.54) is 0 Å². The van der Waals surface area contributed by atoms with E-state index in [0.29, 0.717) is 12.2 Å². The molecule has 114 valence electrons. The summed E-state index contributed by atoms with van der Waals surface area (Å²) in [7, 11) is 0. The fourth-order valence-corrected chi connectivity index (χ4v) is 2.38. The normalized spacial score (nSPS) is 10.4. The Morgan fingerprint density at radius 1 is 1.00 bits per heavy atom. The van der Waals surface area contributed by atoms with Crippen molar-refractivity contribution in [1.29, 1.82) is 5.26 Å². The molecule has 0 radical (unpaired) electrons. The third kappa shape index (κ3) is 3.61. The Morgan fingerprint density at radius 3 is 2.65 bits per heavy atom. The third-order valence-corrected chi connectivity index (χ3v) is 3.55. The molecule has 0 unspecified atom stereocenters. The summed E-state index contributed by atoms with van der Waals surface area (Å²) in [6.45, 7) is 0.790. The summed E-state index contributed by atoms with van der Waals surface area (Å²) in [4.78, 5) is 13.4. The van der Waals surface area contributed by atoms with Gasteiger partial charge in [-0.25, -0.2) is 9.97 Å². The van der Waals surface area contributed by atoms with Crippen molar-refractivity contribution in [2.24, 2.45) is 0 Å². The molecule has 0 saturated carbocycles. The molecule has 1 aromatic carbocycles. The second-order valence-electron chi connectivity index (χ2n) is 5.19. The Morgan fingerprint density at radius 2 is 1.83 bits per heavy atom. The molecule has 23 heavy (non-hydrogen) atoms. The van der Waals surface area contributed by atoms with Crippen LogP contribution in [-0.4, -0.2) is 21.5 Å². The minimum absolute atomic E-state index is 0.592. The summed E-state index contributed by atoms with van der Waals surface area (Å²) in [6.07, 6.45) is 5.90. The van der Waals surface area contributed by atoms with Crippen LogP contribution < -0.4 is 5.32 Å². The first-order chi connectivity index (χ1) is 11.4. The smallest absolute Gasteiger partial charge is 0.162 e. The van der Waals surface area contributed by atoms with Crippen molar-refractivity contribution in [3.8, 4) is 17.5 Å². The molecule has 0 aliphatic rings. The summed E-state index contributed by atoms with van der Waals surface area (Å²) >= 11 is 0. The molecule has 0 aliphatic carbocycles. The lowest BCUT2D eigenvalue weighted by Crippen LogP contribution is -2.05. The maximum absolute atomic E-state index is 8.59. The van der Waals surface area contributed by atoms with Gasteiger partial charge in [0.15, 0.2) is 5.82 Å². The lowest BCUT2D eigenvalue weighted by molar-refractivity contribution is 0.783. The zero-order chi connectivity index (χ0) is 15.9. The lowest BCUT2D eigenvalue weighted by Gasteiger charge is -2.10. The van der Waals surface area contributed by atoms with Crippen LogP contribution in [0.25, 0.3) is 22.3 Å². The van der Waals surface area contributed by atoms with Gasteiger partial charge in [-0.05, 0) is 37.1 Å². The van der Waals surface area contributed by atoms with Crippen molar-refractivity contribution in [3.05, 3.63) is 48.8 Å². The molecule has 0 saturated heterocycles. The van der Waals surface area contributed by atoms with Gasteiger partial charge in [0.2, 0.25) is 0 Å². The number of nitrogens with one attached hydrogen (secondary N) is 1. The highest BCUT2D eigenvalue weighted by atomic mass is 15.0. The van der Waals surface area contributed by atoms with Crippen LogP contribution in [0.2, 0.25) is 0 Å². The molecule has 1 N–H and O–H groups in total. The van der Waals surface area contributed by atoms with Gasteiger partial charge in [0.1, 0.15) is 5.82 Å². The van der Waals surface area contributed by atoms with Crippen LogP contribution in [-0.2, 0) is 0 Å². The summed E-state index contributed by atoms with van der Waals surface area (Å²) in [5, 5.41) is 13.0.